The second kappa shape index (κ2) is 6.22. The lowest BCUT2D eigenvalue weighted by atomic mass is 10.1. The summed E-state index contributed by atoms with van der Waals surface area (Å²) in [5.41, 5.74) is -0.214. The SMILES string of the molecule is CC1(C)COCCN1S(=O)(=O)c1ccc(Cl)c(CCl)c1Cl. The molecule has 0 bridgehead atoms. The monoisotopic (exact) mass is 371 g/mol. The van der Waals surface area contributed by atoms with Crippen LogP contribution in [0.5, 0.6) is 0 Å². The highest BCUT2D eigenvalue weighted by Gasteiger charge is 2.40. The Morgan fingerprint density at radius 1 is 1.33 bits per heavy atom. The minimum absolute atomic E-state index is 0.0270. The molecule has 2 rings (SSSR count). The molecule has 1 aliphatic heterocycles. The average molecular weight is 373 g/mol. The smallest absolute Gasteiger partial charge is 0.245 e. The number of sulfonamides is 1. The van der Waals surface area contributed by atoms with Gasteiger partial charge in [0.2, 0.25) is 10.0 Å². The van der Waals surface area contributed by atoms with E-state index in [4.69, 9.17) is 39.5 Å². The molecule has 0 saturated carbocycles. The first-order valence-corrected chi connectivity index (χ1v) is 9.08. The number of hydrogen-bond acceptors (Lipinski definition) is 3. The van der Waals surface area contributed by atoms with E-state index in [0.717, 1.165) is 0 Å². The summed E-state index contributed by atoms with van der Waals surface area (Å²) in [6.45, 7) is 4.60. The lowest BCUT2D eigenvalue weighted by Crippen LogP contribution is -2.55. The van der Waals surface area contributed by atoms with Gasteiger partial charge in [-0.05, 0) is 26.0 Å². The molecule has 1 saturated heterocycles. The van der Waals surface area contributed by atoms with Crippen LogP contribution in [0.25, 0.3) is 0 Å². The van der Waals surface area contributed by atoms with Crippen molar-refractivity contribution < 1.29 is 13.2 Å². The maximum absolute atomic E-state index is 12.9. The van der Waals surface area contributed by atoms with E-state index in [1.807, 2.05) is 13.8 Å². The number of ether oxygens (including phenoxy) is 1. The van der Waals surface area contributed by atoms with Crippen molar-refractivity contribution in [3.63, 3.8) is 0 Å². The normalized spacial score (nSPS) is 19.7. The summed E-state index contributed by atoms with van der Waals surface area (Å²) in [5.74, 6) is 0.0491. The summed E-state index contributed by atoms with van der Waals surface area (Å²) in [5, 5.41) is 0.440. The Kier molecular flexibility index (Phi) is 5.13. The second-order valence-electron chi connectivity index (χ2n) is 5.41. The Hall–Kier alpha value is -0.0400. The van der Waals surface area contributed by atoms with Gasteiger partial charge in [-0.2, -0.15) is 4.31 Å². The number of hydrogen-bond donors (Lipinski definition) is 0. The van der Waals surface area contributed by atoms with E-state index in [1.165, 1.54) is 16.4 Å². The van der Waals surface area contributed by atoms with E-state index < -0.39 is 15.6 Å². The van der Waals surface area contributed by atoms with E-state index in [1.54, 1.807) is 0 Å². The van der Waals surface area contributed by atoms with Crippen LogP contribution in [-0.2, 0) is 20.6 Å². The molecule has 0 unspecified atom stereocenters. The Balaban J connectivity index is 2.54. The molecule has 8 heteroatoms. The average Bonchev–Trinajstić information content (AvgIpc) is 2.38. The van der Waals surface area contributed by atoms with Gasteiger partial charge in [-0.15, -0.1) is 11.6 Å². The van der Waals surface area contributed by atoms with Gasteiger partial charge in [0.1, 0.15) is 4.90 Å². The van der Waals surface area contributed by atoms with Crippen LogP contribution >= 0.6 is 34.8 Å². The largest absolute Gasteiger partial charge is 0.378 e. The molecular formula is C13H16Cl3NO3S. The van der Waals surface area contributed by atoms with E-state index in [-0.39, 0.29) is 22.3 Å². The number of rotatable bonds is 3. The number of halogens is 3. The molecular weight excluding hydrogens is 357 g/mol. The first-order valence-electron chi connectivity index (χ1n) is 6.35. The third-order valence-electron chi connectivity index (χ3n) is 3.42. The Morgan fingerprint density at radius 3 is 2.57 bits per heavy atom. The topological polar surface area (TPSA) is 46.6 Å². The molecule has 1 aliphatic rings. The van der Waals surface area contributed by atoms with Crippen molar-refractivity contribution in [1.82, 2.24) is 4.31 Å². The highest BCUT2D eigenvalue weighted by molar-refractivity contribution is 7.89. The van der Waals surface area contributed by atoms with Gasteiger partial charge in [-0.3, -0.25) is 0 Å². The van der Waals surface area contributed by atoms with Crippen molar-refractivity contribution in [3.05, 3.63) is 27.7 Å². The van der Waals surface area contributed by atoms with E-state index in [0.29, 0.717) is 23.8 Å². The van der Waals surface area contributed by atoms with Gasteiger partial charge in [-0.25, -0.2) is 8.42 Å². The van der Waals surface area contributed by atoms with Crippen molar-refractivity contribution in [3.8, 4) is 0 Å². The van der Waals surface area contributed by atoms with Crippen LogP contribution in [0, 0.1) is 0 Å². The zero-order chi connectivity index (χ0) is 15.8. The molecule has 0 aromatic heterocycles. The van der Waals surface area contributed by atoms with E-state index in [2.05, 4.69) is 0 Å². The molecule has 0 radical (unpaired) electrons. The number of nitrogens with zero attached hydrogens (tertiary/aromatic N) is 1. The summed E-state index contributed by atoms with van der Waals surface area (Å²) in [6.07, 6.45) is 0. The molecule has 1 aromatic carbocycles. The molecule has 0 atom stereocenters. The number of morpholine rings is 1. The van der Waals surface area contributed by atoms with Crippen molar-refractivity contribution in [1.29, 1.82) is 0 Å². The fourth-order valence-electron chi connectivity index (χ4n) is 2.31. The molecule has 0 aliphatic carbocycles. The van der Waals surface area contributed by atoms with Gasteiger partial charge < -0.3 is 4.74 Å². The highest BCUT2D eigenvalue weighted by Crippen LogP contribution is 2.36. The summed E-state index contributed by atoms with van der Waals surface area (Å²) in [4.78, 5) is 0.0270. The third-order valence-corrected chi connectivity index (χ3v) is 6.74. The van der Waals surface area contributed by atoms with Gasteiger partial charge >= 0.3 is 0 Å². The lowest BCUT2D eigenvalue weighted by molar-refractivity contribution is -0.00770. The number of alkyl halides is 1. The third kappa shape index (κ3) is 3.19. The fraction of sp³-hybridized carbons (Fsp3) is 0.538. The minimum atomic E-state index is -3.75. The van der Waals surface area contributed by atoms with Crippen LogP contribution < -0.4 is 0 Å². The van der Waals surface area contributed by atoms with Crippen molar-refractivity contribution >= 4 is 44.8 Å². The number of benzene rings is 1. The summed E-state index contributed by atoms with van der Waals surface area (Å²) < 4.78 is 32.6. The first kappa shape index (κ1) is 17.3. The van der Waals surface area contributed by atoms with Crippen molar-refractivity contribution in [2.75, 3.05) is 19.8 Å². The zero-order valence-corrected chi connectivity index (χ0v) is 14.8. The van der Waals surface area contributed by atoms with Crippen LogP contribution in [0.4, 0.5) is 0 Å². The quantitative estimate of drug-likeness (QED) is 0.763. The maximum atomic E-state index is 12.9. The molecule has 0 N–H and O–H groups in total. The maximum Gasteiger partial charge on any atom is 0.245 e. The fourth-order valence-corrected chi connectivity index (χ4v) is 5.36. The van der Waals surface area contributed by atoms with Gasteiger partial charge in [0, 0.05) is 17.1 Å². The van der Waals surface area contributed by atoms with Crippen LogP contribution in [0.1, 0.15) is 19.4 Å². The summed E-state index contributed by atoms with van der Waals surface area (Å²) >= 11 is 18.0. The molecule has 4 nitrogen and oxygen atoms in total. The minimum Gasteiger partial charge on any atom is -0.378 e. The molecule has 0 amide bonds. The zero-order valence-electron chi connectivity index (χ0n) is 11.7. The van der Waals surface area contributed by atoms with E-state index >= 15 is 0 Å². The van der Waals surface area contributed by atoms with Crippen molar-refractivity contribution in [2.45, 2.75) is 30.2 Å². The predicted octanol–water partition coefficient (Wildman–Crippen LogP) is 3.53. The van der Waals surface area contributed by atoms with Crippen LogP contribution in [0.3, 0.4) is 0 Å². The van der Waals surface area contributed by atoms with Gasteiger partial charge in [0.15, 0.2) is 0 Å². The molecule has 118 valence electrons. The summed E-state index contributed by atoms with van der Waals surface area (Å²) in [7, 11) is -3.75. The van der Waals surface area contributed by atoms with Crippen molar-refractivity contribution in [2.24, 2.45) is 0 Å². The Labute approximate surface area is 140 Å². The van der Waals surface area contributed by atoms with Crippen LogP contribution in [0.15, 0.2) is 17.0 Å². The highest BCUT2D eigenvalue weighted by atomic mass is 35.5. The molecule has 1 fully saturated rings. The van der Waals surface area contributed by atoms with Gasteiger partial charge in [0.25, 0.3) is 0 Å². The van der Waals surface area contributed by atoms with Gasteiger partial charge in [-0.1, -0.05) is 23.2 Å². The Bertz CT molecular complexity index is 646. The van der Waals surface area contributed by atoms with Gasteiger partial charge in [0.05, 0.1) is 29.7 Å². The molecule has 21 heavy (non-hydrogen) atoms. The van der Waals surface area contributed by atoms with E-state index in [9.17, 15) is 8.42 Å². The standard InChI is InChI=1S/C13H16Cl3NO3S/c1-13(2)8-20-6-5-17(13)21(18,19)11-4-3-10(15)9(7-14)12(11)16/h3-4H,5-8H2,1-2H3. The summed E-state index contributed by atoms with van der Waals surface area (Å²) in [6, 6.07) is 2.92. The molecule has 0 spiro atoms. The molecule has 1 aromatic rings. The first-order chi connectivity index (χ1) is 9.71. The van der Waals surface area contributed by atoms with Crippen LogP contribution in [0.2, 0.25) is 10.0 Å². The second-order valence-corrected chi connectivity index (χ2v) is 8.30. The Morgan fingerprint density at radius 2 is 2.00 bits per heavy atom. The molecule has 1 heterocycles. The lowest BCUT2D eigenvalue weighted by Gasteiger charge is -2.40. The predicted molar refractivity (Wildman–Crippen MR) is 84.8 cm³/mol. The van der Waals surface area contributed by atoms with Crippen LogP contribution in [-0.4, -0.2) is 38.0 Å².